The van der Waals surface area contributed by atoms with Crippen molar-refractivity contribution in [3.05, 3.63) is 11.9 Å². The molecule has 0 radical (unpaired) electrons. The van der Waals surface area contributed by atoms with E-state index in [-0.39, 0.29) is 12.5 Å². The van der Waals surface area contributed by atoms with E-state index in [9.17, 15) is 4.79 Å². The zero-order chi connectivity index (χ0) is 13.4. The van der Waals surface area contributed by atoms with Crippen molar-refractivity contribution in [2.24, 2.45) is 0 Å². The zero-order valence-electron chi connectivity index (χ0n) is 10.8. The average Bonchev–Trinajstić information content (AvgIpc) is 2.37. The molecule has 1 aromatic heterocycles. The number of aromatic nitrogens is 2. The molecule has 100 valence electrons. The van der Waals surface area contributed by atoms with Crippen molar-refractivity contribution < 1.29 is 14.3 Å². The standard InChI is InChI=1S/C11H18N4O3/c1-4-18-11(16)6-13-9-5-8(12-2)14-10(15-9)7-17-3/h5H,4,6-7H2,1-3H3,(H2,12,13,14,15). The second-order valence-corrected chi connectivity index (χ2v) is 3.40. The fraction of sp³-hybridized carbons (Fsp3) is 0.545. The van der Waals surface area contributed by atoms with Crippen LogP contribution in [0, 0.1) is 0 Å². The average molecular weight is 254 g/mol. The van der Waals surface area contributed by atoms with Gasteiger partial charge >= 0.3 is 5.97 Å². The highest BCUT2D eigenvalue weighted by atomic mass is 16.5. The minimum Gasteiger partial charge on any atom is -0.465 e. The van der Waals surface area contributed by atoms with Crippen molar-refractivity contribution in [1.82, 2.24) is 9.97 Å². The van der Waals surface area contributed by atoms with Gasteiger partial charge in [0.1, 0.15) is 24.8 Å². The molecule has 0 bridgehead atoms. The molecule has 18 heavy (non-hydrogen) atoms. The molecule has 2 N–H and O–H groups in total. The smallest absolute Gasteiger partial charge is 0.325 e. The van der Waals surface area contributed by atoms with Gasteiger partial charge in [-0.2, -0.15) is 0 Å². The van der Waals surface area contributed by atoms with Gasteiger partial charge < -0.3 is 20.1 Å². The molecular weight excluding hydrogens is 236 g/mol. The number of hydrogen-bond acceptors (Lipinski definition) is 7. The Kier molecular flexibility index (Phi) is 5.86. The Morgan fingerprint density at radius 3 is 2.72 bits per heavy atom. The van der Waals surface area contributed by atoms with E-state index in [1.165, 1.54) is 0 Å². The first kappa shape index (κ1) is 14.2. The normalized spacial score (nSPS) is 9.94. The summed E-state index contributed by atoms with van der Waals surface area (Å²) in [7, 11) is 3.33. The van der Waals surface area contributed by atoms with Gasteiger partial charge in [-0.25, -0.2) is 9.97 Å². The number of carbonyl (C=O) groups excluding carboxylic acids is 1. The van der Waals surface area contributed by atoms with Gasteiger partial charge in [0.25, 0.3) is 0 Å². The van der Waals surface area contributed by atoms with Crippen LogP contribution in [0.15, 0.2) is 6.07 Å². The predicted octanol–water partition coefficient (Wildman–Crippen LogP) is 0.640. The van der Waals surface area contributed by atoms with Crippen molar-refractivity contribution in [3.63, 3.8) is 0 Å². The number of rotatable bonds is 7. The molecule has 0 aliphatic carbocycles. The number of ether oxygens (including phenoxy) is 2. The van der Waals surface area contributed by atoms with Crippen molar-refractivity contribution in [2.75, 3.05) is 37.9 Å². The van der Waals surface area contributed by atoms with Gasteiger partial charge in [0.15, 0.2) is 5.82 Å². The number of carbonyl (C=O) groups is 1. The number of nitrogens with zero attached hydrogens (tertiary/aromatic N) is 2. The van der Waals surface area contributed by atoms with Gasteiger partial charge in [-0.1, -0.05) is 0 Å². The van der Waals surface area contributed by atoms with E-state index in [2.05, 4.69) is 20.6 Å². The topological polar surface area (TPSA) is 85.4 Å². The molecule has 0 unspecified atom stereocenters. The lowest BCUT2D eigenvalue weighted by molar-refractivity contribution is -0.140. The molecule has 0 spiro atoms. The summed E-state index contributed by atoms with van der Waals surface area (Å²) in [5.41, 5.74) is 0. The fourth-order valence-corrected chi connectivity index (χ4v) is 1.28. The van der Waals surface area contributed by atoms with Crippen LogP contribution in [0.1, 0.15) is 12.7 Å². The van der Waals surface area contributed by atoms with Gasteiger partial charge in [0, 0.05) is 20.2 Å². The molecule has 0 fully saturated rings. The Morgan fingerprint density at radius 2 is 2.11 bits per heavy atom. The fourth-order valence-electron chi connectivity index (χ4n) is 1.28. The van der Waals surface area contributed by atoms with Crippen molar-refractivity contribution in [3.8, 4) is 0 Å². The Morgan fingerprint density at radius 1 is 1.39 bits per heavy atom. The second-order valence-electron chi connectivity index (χ2n) is 3.40. The van der Waals surface area contributed by atoms with Crippen LogP contribution in [-0.4, -0.2) is 43.2 Å². The molecule has 1 aromatic rings. The van der Waals surface area contributed by atoms with E-state index in [1.807, 2.05) is 0 Å². The molecule has 0 amide bonds. The Balaban J connectivity index is 2.68. The van der Waals surface area contributed by atoms with Crippen LogP contribution in [0.2, 0.25) is 0 Å². The third-order valence-corrected chi connectivity index (χ3v) is 2.02. The van der Waals surface area contributed by atoms with Gasteiger partial charge in [-0.15, -0.1) is 0 Å². The first-order valence-electron chi connectivity index (χ1n) is 5.63. The largest absolute Gasteiger partial charge is 0.465 e. The molecule has 0 aromatic carbocycles. The first-order chi connectivity index (χ1) is 8.69. The third kappa shape index (κ3) is 4.54. The van der Waals surface area contributed by atoms with E-state index >= 15 is 0 Å². The second kappa shape index (κ2) is 7.44. The summed E-state index contributed by atoms with van der Waals surface area (Å²) in [5, 5.41) is 5.80. The van der Waals surface area contributed by atoms with Gasteiger partial charge in [0.05, 0.1) is 6.61 Å². The highest BCUT2D eigenvalue weighted by Crippen LogP contribution is 2.11. The maximum Gasteiger partial charge on any atom is 0.325 e. The number of esters is 1. The predicted molar refractivity (Wildman–Crippen MR) is 67.4 cm³/mol. The molecule has 7 heteroatoms. The van der Waals surface area contributed by atoms with Crippen molar-refractivity contribution in [1.29, 1.82) is 0 Å². The van der Waals surface area contributed by atoms with E-state index in [0.717, 1.165) is 0 Å². The molecule has 0 saturated heterocycles. The number of hydrogen-bond donors (Lipinski definition) is 2. The Bertz CT molecular complexity index is 398. The van der Waals surface area contributed by atoms with E-state index in [1.54, 1.807) is 27.1 Å². The molecule has 0 aliphatic rings. The lowest BCUT2D eigenvalue weighted by atomic mass is 10.4. The molecule has 7 nitrogen and oxygen atoms in total. The molecule has 1 heterocycles. The summed E-state index contributed by atoms with van der Waals surface area (Å²) in [5.74, 6) is 1.42. The summed E-state index contributed by atoms with van der Waals surface area (Å²) >= 11 is 0. The van der Waals surface area contributed by atoms with E-state index in [0.29, 0.717) is 30.7 Å². The van der Waals surface area contributed by atoms with E-state index in [4.69, 9.17) is 9.47 Å². The summed E-state index contributed by atoms with van der Waals surface area (Å²) in [6.45, 7) is 2.50. The highest BCUT2D eigenvalue weighted by Gasteiger charge is 2.06. The van der Waals surface area contributed by atoms with Gasteiger partial charge in [-0.05, 0) is 6.92 Å². The van der Waals surface area contributed by atoms with Crippen LogP contribution in [0.3, 0.4) is 0 Å². The van der Waals surface area contributed by atoms with Gasteiger partial charge in [0.2, 0.25) is 0 Å². The minimum absolute atomic E-state index is 0.0699. The zero-order valence-corrected chi connectivity index (χ0v) is 10.8. The lowest BCUT2D eigenvalue weighted by Crippen LogP contribution is -2.18. The van der Waals surface area contributed by atoms with E-state index < -0.39 is 0 Å². The van der Waals surface area contributed by atoms with Crippen LogP contribution >= 0.6 is 0 Å². The SMILES string of the molecule is CCOC(=O)CNc1cc(NC)nc(COC)n1. The quantitative estimate of drug-likeness (QED) is 0.690. The van der Waals surface area contributed by atoms with Gasteiger partial charge in [-0.3, -0.25) is 4.79 Å². The van der Waals surface area contributed by atoms with Crippen LogP contribution in [0.5, 0.6) is 0 Å². The maximum absolute atomic E-state index is 11.2. The minimum atomic E-state index is -0.324. The maximum atomic E-state index is 11.2. The summed E-state index contributed by atoms with van der Waals surface area (Å²) in [6, 6.07) is 1.71. The van der Waals surface area contributed by atoms with Crippen LogP contribution in [-0.2, 0) is 20.9 Å². The number of nitrogens with one attached hydrogen (secondary N) is 2. The van der Waals surface area contributed by atoms with Crippen LogP contribution < -0.4 is 10.6 Å². The van der Waals surface area contributed by atoms with Crippen molar-refractivity contribution in [2.45, 2.75) is 13.5 Å². The number of anilines is 2. The lowest BCUT2D eigenvalue weighted by Gasteiger charge is -2.09. The molecule has 0 aliphatic heterocycles. The molecule has 0 saturated carbocycles. The monoisotopic (exact) mass is 254 g/mol. The van der Waals surface area contributed by atoms with Crippen LogP contribution in [0.25, 0.3) is 0 Å². The Labute approximate surface area is 106 Å². The summed E-state index contributed by atoms with van der Waals surface area (Å²) < 4.78 is 9.79. The summed E-state index contributed by atoms with van der Waals surface area (Å²) in [4.78, 5) is 19.6. The summed E-state index contributed by atoms with van der Waals surface area (Å²) in [6.07, 6.45) is 0. The molecule has 1 rings (SSSR count). The molecule has 0 atom stereocenters. The van der Waals surface area contributed by atoms with Crippen molar-refractivity contribution >= 4 is 17.6 Å². The highest BCUT2D eigenvalue weighted by molar-refractivity contribution is 5.74. The van der Waals surface area contributed by atoms with Crippen LogP contribution in [0.4, 0.5) is 11.6 Å². The third-order valence-electron chi connectivity index (χ3n) is 2.02. The molecular formula is C11H18N4O3. The number of methoxy groups -OCH3 is 1. The Hall–Kier alpha value is -1.89. The first-order valence-corrected chi connectivity index (χ1v) is 5.63.